The monoisotopic (exact) mass is 266 g/mol. The van der Waals surface area contributed by atoms with Crippen molar-refractivity contribution in [2.45, 2.75) is 26.3 Å². The number of rotatable bonds is 6. The number of carbonyl (C=O) groups is 1. The fourth-order valence-corrected chi connectivity index (χ4v) is 2.25. The van der Waals surface area contributed by atoms with Gasteiger partial charge in [-0.2, -0.15) is 11.8 Å². The first-order valence-corrected chi connectivity index (χ1v) is 7.62. The molecular formula is C14H22N2OS. The van der Waals surface area contributed by atoms with Crippen molar-refractivity contribution < 1.29 is 4.79 Å². The minimum absolute atomic E-state index is 0.00963. The molecule has 1 atom stereocenters. The summed E-state index contributed by atoms with van der Waals surface area (Å²) in [4.78, 5) is 14.0. The molecule has 1 rings (SSSR count). The summed E-state index contributed by atoms with van der Waals surface area (Å²) in [7, 11) is 0. The van der Waals surface area contributed by atoms with Crippen LogP contribution >= 0.6 is 11.8 Å². The zero-order chi connectivity index (χ0) is 13.5. The molecule has 100 valence electrons. The first-order valence-electron chi connectivity index (χ1n) is 6.22. The number of nitrogens with two attached hydrogens (primary N) is 1. The number of anilines is 1. The molecule has 0 saturated carbocycles. The summed E-state index contributed by atoms with van der Waals surface area (Å²) < 4.78 is 0. The summed E-state index contributed by atoms with van der Waals surface area (Å²) in [6, 6.07) is 7.56. The Morgan fingerprint density at radius 3 is 2.50 bits per heavy atom. The molecule has 0 bridgehead atoms. The molecule has 0 heterocycles. The summed E-state index contributed by atoms with van der Waals surface area (Å²) in [5, 5.41) is 0. The third kappa shape index (κ3) is 4.03. The standard InChI is InChI=1S/C14H22N2OS/c1-4-16(12-7-5-11(2)6-8-12)14(17)13(15)9-10-18-3/h5-8,13H,4,9-10,15H2,1-3H3/t13-/m1/s1. The molecule has 1 aromatic rings. The molecule has 0 aromatic heterocycles. The molecule has 0 aliphatic carbocycles. The summed E-state index contributed by atoms with van der Waals surface area (Å²) in [6.45, 7) is 4.65. The lowest BCUT2D eigenvalue weighted by Crippen LogP contribution is -2.44. The number of aryl methyl sites for hydroxylation is 1. The van der Waals surface area contributed by atoms with Crippen LogP contribution in [-0.2, 0) is 4.79 Å². The highest BCUT2D eigenvalue weighted by atomic mass is 32.2. The van der Waals surface area contributed by atoms with Gasteiger partial charge in [0.15, 0.2) is 0 Å². The van der Waals surface area contributed by atoms with Crippen LogP contribution in [0.4, 0.5) is 5.69 Å². The number of benzene rings is 1. The average molecular weight is 266 g/mol. The summed E-state index contributed by atoms with van der Waals surface area (Å²) in [5.74, 6) is 0.925. The van der Waals surface area contributed by atoms with Gasteiger partial charge in [-0.25, -0.2) is 0 Å². The maximum atomic E-state index is 12.3. The van der Waals surface area contributed by atoms with Crippen LogP contribution < -0.4 is 10.6 Å². The van der Waals surface area contributed by atoms with Gasteiger partial charge < -0.3 is 10.6 Å². The van der Waals surface area contributed by atoms with Crippen LogP contribution in [0.5, 0.6) is 0 Å². The smallest absolute Gasteiger partial charge is 0.243 e. The van der Waals surface area contributed by atoms with E-state index in [1.807, 2.05) is 44.4 Å². The lowest BCUT2D eigenvalue weighted by atomic mass is 10.1. The molecule has 3 nitrogen and oxygen atoms in total. The van der Waals surface area contributed by atoms with Crippen molar-refractivity contribution in [1.82, 2.24) is 0 Å². The lowest BCUT2D eigenvalue weighted by Gasteiger charge is -2.24. The van der Waals surface area contributed by atoms with Crippen LogP contribution in [0.15, 0.2) is 24.3 Å². The molecule has 0 unspecified atom stereocenters. The Labute approximate surface area is 114 Å². The van der Waals surface area contributed by atoms with Crippen LogP contribution in [0.2, 0.25) is 0 Å². The van der Waals surface area contributed by atoms with Gasteiger partial charge in [-0.3, -0.25) is 4.79 Å². The summed E-state index contributed by atoms with van der Waals surface area (Å²) in [5.41, 5.74) is 8.06. The van der Waals surface area contributed by atoms with Crippen molar-refractivity contribution in [2.24, 2.45) is 5.73 Å². The maximum Gasteiger partial charge on any atom is 0.243 e. The molecule has 18 heavy (non-hydrogen) atoms. The van der Waals surface area contributed by atoms with Gasteiger partial charge in [-0.05, 0) is 44.4 Å². The summed E-state index contributed by atoms with van der Waals surface area (Å²) >= 11 is 1.71. The van der Waals surface area contributed by atoms with Crippen molar-refractivity contribution in [3.05, 3.63) is 29.8 Å². The second kappa shape index (κ2) is 7.44. The van der Waals surface area contributed by atoms with E-state index >= 15 is 0 Å². The second-order valence-corrected chi connectivity index (χ2v) is 5.29. The van der Waals surface area contributed by atoms with E-state index in [0.29, 0.717) is 6.54 Å². The first-order chi connectivity index (χ1) is 8.60. The van der Waals surface area contributed by atoms with Crippen LogP contribution in [0.3, 0.4) is 0 Å². The Morgan fingerprint density at radius 2 is 2.00 bits per heavy atom. The second-order valence-electron chi connectivity index (χ2n) is 4.31. The molecule has 0 aliphatic rings. The van der Waals surface area contributed by atoms with E-state index in [2.05, 4.69) is 0 Å². The van der Waals surface area contributed by atoms with Gasteiger partial charge in [0.1, 0.15) is 0 Å². The zero-order valence-electron chi connectivity index (χ0n) is 11.3. The fourth-order valence-electron chi connectivity index (χ4n) is 1.76. The molecule has 0 fully saturated rings. The van der Waals surface area contributed by atoms with Crippen molar-refractivity contribution in [3.63, 3.8) is 0 Å². The minimum atomic E-state index is -0.404. The van der Waals surface area contributed by atoms with Crippen LogP contribution in [-0.4, -0.2) is 30.5 Å². The third-order valence-corrected chi connectivity index (χ3v) is 3.52. The van der Waals surface area contributed by atoms with Gasteiger partial charge in [0.2, 0.25) is 5.91 Å². The van der Waals surface area contributed by atoms with E-state index in [-0.39, 0.29) is 5.91 Å². The number of likely N-dealkylation sites (N-methyl/N-ethyl adjacent to an activating group) is 1. The molecule has 0 saturated heterocycles. The largest absolute Gasteiger partial charge is 0.320 e. The van der Waals surface area contributed by atoms with Gasteiger partial charge in [0.05, 0.1) is 6.04 Å². The Kier molecular flexibility index (Phi) is 6.22. The number of nitrogens with zero attached hydrogens (tertiary/aromatic N) is 1. The number of hydrogen-bond acceptors (Lipinski definition) is 3. The van der Waals surface area contributed by atoms with Gasteiger partial charge in [-0.1, -0.05) is 17.7 Å². The quantitative estimate of drug-likeness (QED) is 0.860. The van der Waals surface area contributed by atoms with Crippen LogP contribution in [0, 0.1) is 6.92 Å². The Hall–Kier alpha value is -1.00. The Bertz CT molecular complexity index is 378. The third-order valence-electron chi connectivity index (χ3n) is 2.88. The molecule has 2 N–H and O–H groups in total. The number of thioether (sulfide) groups is 1. The zero-order valence-corrected chi connectivity index (χ0v) is 12.2. The van der Waals surface area contributed by atoms with E-state index in [1.165, 1.54) is 5.56 Å². The normalized spacial score (nSPS) is 12.2. The Morgan fingerprint density at radius 1 is 1.39 bits per heavy atom. The molecular weight excluding hydrogens is 244 g/mol. The van der Waals surface area contributed by atoms with E-state index in [0.717, 1.165) is 17.9 Å². The van der Waals surface area contributed by atoms with E-state index in [1.54, 1.807) is 16.7 Å². The molecule has 0 spiro atoms. The SMILES string of the molecule is CCN(C(=O)[C@H](N)CCSC)c1ccc(C)cc1. The average Bonchev–Trinajstić information content (AvgIpc) is 2.38. The summed E-state index contributed by atoms with van der Waals surface area (Å²) in [6.07, 6.45) is 2.75. The highest BCUT2D eigenvalue weighted by Gasteiger charge is 2.20. The van der Waals surface area contributed by atoms with Crippen molar-refractivity contribution in [1.29, 1.82) is 0 Å². The van der Waals surface area contributed by atoms with Gasteiger partial charge >= 0.3 is 0 Å². The van der Waals surface area contributed by atoms with Crippen LogP contribution in [0.1, 0.15) is 18.9 Å². The molecule has 4 heteroatoms. The highest BCUT2D eigenvalue weighted by Crippen LogP contribution is 2.16. The molecule has 0 radical (unpaired) electrons. The van der Waals surface area contributed by atoms with Crippen molar-refractivity contribution in [3.8, 4) is 0 Å². The predicted octanol–water partition coefficient (Wildman–Crippen LogP) is 2.43. The highest BCUT2D eigenvalue weighted by molar-refractivity contribution is 7.98. The van der Waals surface area contributed by atoms with E-state index in [4.69, 9.17) is 5.73 Å². The van der Waals surface area contributed by atoms with Crippen molar-refractivity contribution >= 4 is 23.4 Å². The van der Waals surface area contributed by atoms with Crippen molar-refractivity contribution in [2.75, 3.05) is 23.5 Å². The molecule has 1 amide bonds. The molecule has 0 aliphatic heterocycles. The van der Waals surface area contributed by atoms with Gasteiger partial charge in [0, 0.05) is 12.2 Å². The topological polar surface area (TPSA) is 46.3 Å². The number of amides is 1. The molecule has 1 aromatic carbocycles. The first kappa shape index (κ1) is 15.1. The van der Waals surface area contributed by atoms with E-state index in [9.17, 15) is 4.79 Å². The minimum Gasteiger partial charge on any atom is -0.320 e. The van der Waals surface area contributed by atoms with Crippen LogP contribution in [0.25, 0.3) is 0 Å². The van der Waals surface area contributed by atoms with Gasteiger partial charge in [-0.15, -0.1) is 0 Å². The maximum absolute atomic E-state index is 12.3. The number of hydrogen-bond donors (Lipinski definition) is 1. The van der Waals surface area contributed by atoms with E-state index < -0.39 is 6.04 Å². The fraction of sp³-hybridized carbons (Fsp3) is 0.500. The van der Waals surface area contributed by atoms with Gasteiger partial charge in [0.25, 0.3) is 0 Å². The number of carbonyl (C=O) groups excluding carboxylic acids is 1. The lowest BCUT2D eigenvalue weighted by molar-refractivity contribution is -0.119. The predicted molar refractivity (Wildman–Crippen MR) is 80.2 cm³/mol. The Balaban J connectivity index is 2.76.